The van der Waals surface area contributed by atoms with Crippen molar-refractivity contribution in [2.75, 3.05) is 33.6 Å². The van der Waals surface area contributed by atoms with Crippen molar-refractivity contribution in [3.05, 3.63) is 65.7 Å². The van der Waals surface area contributed by atoms with Gasteiger partial charge >= 0.3 is 0 Å². The van der Waals surface area contributed by atoms with E-state index < -0.39 is 39.2 Å². The van der Waals surface area contributed by atoms with Gasteiger partial charge < -0.3 is 40.5 Å². The van der Waals surface area contributed by atoms with Gasteiger partial charge in [0.05, 0.1) is 24.2 Å². The van der Waals surface area contributed by atoms with Gasteiger partial charge in [-0.3, -0.25) is 4.79 Å². The van der Waals surface area contributed by atoms with Crippen LogP contribution in [-0.4, -0.2) is 99.0 Å². The lowest BCUT2D eigenvalue weighted by Gasteiger charge is -2.31. The summed E-state index contributed by atoms with van der Waals surface area (Å²) in [6.07, 6.45) is 4.29. The molecule has 2 aromatic carbocycles. The second-order valence-electron chi connectivity index (χ2n) is 10.8. The van der Waals surface area contributed by atoms with E-state index in [-0.39, 0.29) is 18.8 Å². The molecule has 0 spiro atoms. The van der Waals surface area contributed by atoms with Crippen LogP contribution in [0.15, 0.2) is 54.6 Å². The first-order valence-electron chi connectivity index (χ1n) is 15.7. The number of rotatable bonds is 20. The number of aliphatic hydroxyl groups is 2. The minimum absolute atomic E-state index is 0.0321. The molecule has 5 N–H and O–H groups in total. The van der Waals surface area contributed by atoms with E-state index in [1.165, 1.54) is 4.90 Å². The zero-order chi connectivity index (χ0) is 35.0. The van der Waals surface area contributed by atoms with Crippen LogP contribution in [0, 0.1) is 0 Å². The predicted octanol–water partition coefficient (Wildman–Crippen LogP) is 2.70. The molecule has 0 aliphatic carbocycles. The molecule has 1 amide bonds. The van der Waals surface area contributed by atoms with Gasteiger partial charge in [0.2, 0.25) is 5.91 Å². The zero-order valence-corrected chi connectivity index (χ0v) is 28.8. The number of aliphatic hydroxyl groups excluding tert-OH is 2. The number of nitrogens with zero attached hydrogens (tertiary/aromatic N) is 1. The number of carbonyl (C=O) groups is 3. The van der Waals surface area contributed by atoms with Gasteiger partial charge in [0.1, 0.15) is 24.4 Å². The van der Waals surface area contributed by atoms with Crippen LogP contribution in [-0.2, 0) is 37.2 Å². The predicted molar refractivity (Wildman–Crippen MR) is 182 cm³/mol. The van der Waals surface area contributed by atoms with Crippen molar-refractivity contribution >= 4 is 28.3 Å². The van der Waals surface area contributed by atoms with Gasteiger partial charge in [-0.2, -0.15) is 0 Å². The van der Waals surface area contributed by atoms with Crippen LogP contribution >= 0.6 is 0 Å². The Hall–Kier alpha value is -3.16. The maximum absolute atomic E-state index is 13.8. The normalized spacial score (nSPS) is 12.8. The minimum atomic E-state index is -3.52. The Morgan fingerprint density at radius 2 is 1.54 bits per heavy atom. The van der Waals surface area contributed by atoms with Gasteiger partial charge in [-0.05, 0) is 49.6 Å². The molecule has 2 aromatic rings. The van der Waals surface area contributed by atoms with Gasteiger partial charge in [-0.25, -0.2) is 8.42 Å². The number of sulfone groups is 1. The lowest BCUT2D eigenvalue weighted by molar-refractivity contribution is -0.135. The van der Waals surface area contributed by atoms with Crippen LogP contribution in [0.4, 0.5) is 0 Å². The summed E-state index contributed by atoms with van der Waals surface area (Å²) in [6.45, 7) is 4.08. The molecular weight excluding hydrogens is 610 g/mol. The molecule has 3 atom stereocenters. The summed E-state index contributed by atoms with van der Waals surface area (Å²) in [7, 11) is 0.637. The molecule has 3 unspecified atom stereocenters. The first kappa shape index (κ1) is 42.8. The fourth-order valence-electron chi connectivity index (χ4n) is 4.76. The summed E-state index contributed by atoms with van der Waals surface area (Å²) in [5.74, 6) is -0.0455. The fraction of sp³-hybridized carbons (Fsp3) is 0.559. The number of carbonyl (C=O) groups excluding carboxylic acids is 3. The maximum atomic E-state index is 13.8. The topological polar surface area (TPSA) is 176 Å². The third-order valence-corrected chi connectivity index (χ3v) is 9.50. The molecule has 0 aliphatic heterocycles. The van der Waals surface area contributed by atoms with E-state index in [1.54, 1.807) is 14.2 Å². The van der Waals surface area contributed by atoms with Crippen LogP contribution in [0.2, 0.25) is 0 Å². The number of unbranched alkanes of at least 4 members (excludes halogenated alkanes) is 1. The van der Waals surface area contributed by atoms with Gasteiger partial charge in [0.25, 0.3) is 0 Å². The highest BCUT2D eigenvalue weighted by Crippen LogP contribution is 2.19. The summed E-state index contributed by atoms with van der Waals surface area (Å²) in [4.78, 5) is 34.1. The quantitative estimate of drug-likeness (QED) is 0.122. The number of ether oxygens (including phenoxy) is 1. The van der Waals surface area contributed by atoms with Crippen molar-refractivity contribution in [1.29, 1.82) is 0 Å². The van der Waals surface area contributed by atoms with Crippen LogP contribution in [0.3, 0.4) is 0 Å². The number of hydrogen-bond donors (Lipinski definition) is 4. The first-order chi connectivity index (χ1) is 22.1. The number of hydrogen-bond acceptors (Lipinski definition) is 10. The van der Waals surface area contributed by atoms with Crippen molar-refractivity contribution in [2.24, 2.45) is 5.73 Å². The van der Waals surface area contributed by atoms with Crippen LogP contribution < -0.4 is 15.8 Å². The fourth-order valence-corrected chi connectivity index (χ4v) is 6.99. The van der Waals surface area contributed by atoms with Crippen molar-refractivity contribution in [1.82, 2.24) is 10.2 Å². The summed E-state index contributed by atoms with van der Waals surface area (Å²) < 4.78 is 31.9. The molecule has 260 valence electrons. The van der Waals surface area contributed by atoms with E-state index in [9.17, 15) is 27.9 Å². The summed E-state index contributed by atoms with van der Waals surface area (Å²) in [6, 6.07) is 15.4. The summed E-state index contributed by atoms with van der Waals surface area (Å²) >= 11 is 0. The average molecular weight is 666 g/mol. The smallest absolute Gasteiger partial charge is 0.241 e. The second-order valence-corrected chi connectivity index (χ2v) is 13.1. The van der Waals surface area contributed by atoms with E-state index in [4.69, 9.17) is 15.6 Å². The molecule has 0 radical (unpaired) electrons. The highest BCUT2D eigenvalue weighted by Gasteiger charge is 2.33. The largest absolute Gasteiger partial charge is 0.497 e. The van der Waals surface area contributed by atoms with Crippen molar-refractivity contribution in [3.63, 3.8) is 0 Å². The second kappa shape index (κ2) is 25.0. The molecular formula is C34H55N3O8S. The van der Waals surface area contributed by atoms with Gasteiger partial charge in [0.15, 0.2) is 9.84 Å². The zero-order valence-electron chi connectivity index (χ0n) is 28.0. The molecule has 0 fully saturated rings. The lowest BCUT2D eigenvalue weighted by atomic mass is 10.0. The molecule has 11 nitrogen and oxygen atoms in total. The third-order valence-electron chi connectivity index (χ3n) is 7.21. The first-order valence-corrected chi connectivity index (χ1v) is 17.4. The minimum Gasteiger partial charge on any atom is -0.497 e. The van der Waals surface area contributed by atoms with Gasteiger partial charge in [-0.15, -0.1) is 0 Å². The molecule has 0 aromatic heterocycles. The van der Waals surface area contributed by atoms with E-state index >= 15 is 0 Å². The Kier molecular flexibility index (Phi) is 23.3. The molecule has 0 aliphatic rings. The number of likely N-dealkylation sites (N-methyl/N-ethyl adjacent to an activating group) is 1. The Bertz CT molecular complexity index is 1200. The highest BCUT2D eigenvalue weighted by molar-refractivity contribution is 7.92. The van der Waals surface area contributed by atoms with E-state index in [1.807, 2.05) is 68.4 Å². The SMILES string of the molecule is CCCC(CCC)S(=O)(=O)CC(NC)C(=O)N(Cc1cccc(OC)c1)CC(O)C(N)Cc1ccccc1.CO.O=CCCC=O. The summed E-state index contributed by atoms with van der Waals surface area (Å²) in [5.41, 5.74) is 8.12. The summed E-state index contributed by atoms with van der Waals surface area (Å²) in [5, 5.41) is 20.5. The molecule has 0 heterocycles. The molecule has 2 rings (SSSR count). The number of nitrogens with two attached hydrogens (primary N) is 1. The van der Waals surface area contributed by atoms with Crippen LogP contribution in [0.25, 0.3) is 0 Å². The average Bonchev–Trinajstić information content (AvgIpc) is 3.07. The number of benzene rings is 2. The van der Waals surface area contributed by atoms with Crippen LogP contribution in [0.1, 0.15) is 63.5 Å². The lowest BCUT2D eigenvalue weighted by Crippen LogP contribution is -2.53. The highest BCUT2D eigenvalue weighted by atomic mass is 32.2. The number of amides is 1. The number of aldehydes is 2. The maximum Gasteiger partial charge on any atom is 0.241 e. The Morgan fingerprint density at radius 3 is 2.04 bits per heavy atom. The standard InChI is InChI=1S/C29H45N3O5S.C4H6O2.CH4O/c1-5-11-25(12-6-2)38(35,36)21-27(31-3)29(34)32(19-23-15-10-16-24(17-23)37-4)20-28(33)26(30)18-22-13-8-7-9-14-22;5-3-1-2-4-6;1-2/h7-10,13-17,25-28,31,33H,5-6,11-12,18-21,30H2,1-4H3;3-4H,1-2H2;2H,1H3. The van der Waals surface area contributed by atoms with E-state index in [0.717, 1.165) is 43.7 Å². The van der Waals surface area contributed by atoms with Crippen molar-refractivity contribution in [3.8, 4) is 5.75 Å². The Balaban J connectivity index is 0.00000226. The molecule has 12 heteroatoms. The molecule has 0 saturated heterocycles. The van der Waals surface area contributed by atoms with Crippen molar-refractivity contribution in [2.45, 2.75) is 88.8 Å². The molecule has 0 saturated carbocycles. The van der Waals surface area contributed by atoms with Gasteiger partial charge in [0, 0.05) is 39.1 Å². The van der Waals surface area contributed by atoms with E-state index in [0.29, 0.717) is 37.9 Å². The number of nitrogens with one attached hydrogen (secondary N) is 1. The van der Waals surface area contributed by atoms with E-state index in [2.05, 4.69) is 5.32 Å². The van der Waals surface area contributed by atoms with Gasteiger partial charge in [-0.1, -0.05) is 69.2 Å². The monoisotopic (exact) mass is 665 g/mol. The Morgan fingerprint density at radius 1 is 0.978 bits per heavy atom. The molecule has 46 heavy (non-hydrogen) atoms. The Labute approximate surface area is 275 Å². The third kappa shape index (κ3) is 16.4. The van der Waals surface area contributed by atoms with Crippen molar-refractivity contribution < 1.29 is 37.8 Å². The van der Waals surface area contributed by atoms with Crippen LogP contribution in [0.5, 0.6) is 5.75 Å². The molecule has 0 bridgehead atoms. The number of methoxy groups -OCH3 is 1.